The van der Waals surface area contributed by atoms with E-state index in [1.54, 1.807) is 0 Å². The predicted octanol–water partition coefficient (Wildman–Crippen LogP) is 6.61. The molecule has 2 rings (SSSR count). The fraction of sp³-hybridized carbons (Fsp3) is 0.500. The van der Waals surface area contributed by atoms with E-state index in [1.807, 2.05) is 0 Å². The second-order valence-corrected chi connectivity index (χ2v) is 6.83. The Bertz CT molecular complexity index is 566. The summed E-state index contributed by atoms with van der Waals surface area (Å²) in [5.74, 6) is 2.10. The molecule has 0 spiro atoms. The van der Waals surface area contributed by atoms with Gasteiger partial charge in [0.2, 0.25) is 0 Å². The molecule has 0 heterocycles. The zero-order valence-corrected chi connectivity index (χ0v) is 16.5. The summed E-state index contributed by atoms with van der Waals surface area (Å²) in [6, 6.07) is 16.9. The number of hydrogen-bond acceptors (Lipinski definition) is 2. The largest absolute Gasteiger partial charge is 0.493 e. The summed E-state index contributed by atoms with van der Waals surface area (Å²) in [6.07, 6.45) is 9.08. The van der Waals surface area contributed by atoms with Crippen LogP contribution in [0.1, 0.15) is 63.5 Å². The van der Waals surface area contributed by atoms with E-state index in [2.05, 4.69) is 62.4 Å². The summed E-state index contributed by atoms with van der Waals surface area (Å²) in [5, 5.41) is 0. The van der Waals surface area contributed by atoms with Gasteiger partial charge in [-0.25, -0.2) is 0 Å². The average molecular weight is 355 g/mol. The lowest BCUT2D eigenvalue weighted by molar-refractivity contribution is 0.264. The number of hydrogen-bond donors (Lipinski definition) is 0. The van der Waals surface area contributed by atoms with Gasteiger partial charge < -0.3 is 9.47 Å². The summed E-state index contributed by atoms with van der Waals surface area (Å²) >= 11 is 0. The minimum absolute atomic E-state index is 0.754. The maximum atomic E-state index is 6.01. The molecule has 2 aromatic carbocycles. The SMILES string of the molecule is CCCCc1ccccc1OCCCCOc1ccccc1CCCC. The van der Waals surface area contributed by atoms with Gasteiger partial charge in [0.25, 0.3) is 0 Å². The summed E-state index contributed by atoms with van der Waals surface area (Å²) in [5.41, 5.74) is 2.66. The molecule has 0 unspecified atom stereocenters. The summed E-state index contributed by atoms with van der Waals surface area (Å²) in [6.45, 7) is 5.96. The number of benzene rings is 2. The predicted molar refractivity (Wildman–Crippen MR) is 110 cm³/mol. The highest BCUT2D eigenvalue weighted by molar-refractivity contribution is 5.34. The van der Waals surface area contributed by atoms with Gasteiger partial charge in [0.15, 0.2) is 0 Å². The van der Waals surface area contributed by atoms with E-state index in [4.69, 9.17) is 9.47 Å². The van der Waals surface area contributed by atoms with E-state index in [9.17, 15) is 0 Å². The zero-order valence-electron chi connectivity index (χ0n) is 16.5. The molecule has 2 nitrogen and oxygen atoms in total. The molecule has 26 heavy (non-hydrogen) atoms. The van der Waals surface area contributed by atoms with Crippen LogP contribution in [0.3, 0.4) is 0 Å². The Morgan fingerprint density at radius 3 is 1.42 bits per heavy atom. The first-order valence-corrected chi connectivity index (χ1v) is 10.3. The quantitative estimate of drug-likeness (QED) is 0.377. The fourth-order valence-corrected chi connectivity index (χ4v) is 3.01. The molecule has 0 aliphatic rings. The molecule has 0 aliphatic carbocycles. The van der Waals surface area contributed by atoms with Gasteiger partial charge in [-0.05, 0) is 61.8 Å². The lowest BCUT2D eigenvalue weighted by Gasteiger charge is -2.13. The monoisotopic (exact) mass is 354 g/mol. The molecule has 0 bridgehead atoms. The van der Waals surface area contributed by atoms with Crippen molar-refractivity contribution >= 4 is 0 Å². The standard InChI is InChI=1S/C24H34O2/c1-3-5-13-21-15-7-9-17-23(21)25-19-11-12-20-26-24-18-10-8-16-22(24)14-6-4-2/h7-10,15-18H,3-6,11-14,19-20H2,1-2H3. The first kappa shape index (κ1) is 20.4. The van der Waals surface area contributed by atoms with Crippen molar-refractivity contribution in [1.82, 2.24) is 0 Å². The van der Waals surface area contributed by atoms with Crippen molar-refractivity contribution in [2.75, 3.05) is 13.2 Å². The molecule has 0 aliphatic heterocycles. The first-order valence-electron chi connectivity index (χ1n) is 10.3. The van der Waals surface area contributed by atoms with E-state index in [0.717, 1.165) is 50.4 Å². The van der Waals surface area contributed by atoms with E-state index in [1.165, 1.54) is 36.8 Å². The van der Waals surface area contributed by atoms with Crippen LogP contribution in [-0.2, 0) is 12.8 Å². The molecule has 0 amide bonds. The van der Waals surface area contributed by atoms with Crippen molar-refractivity contribution in [2.45, 2.75) is 65.2 Å². The molecule has 2 aromatic rings. The molecular weight excluding hydrogens is 320 g/mol. The maximum Gasteiger partial charge on any atom is 0.122 e. The third kappa shape index (κ3) is 7.11. The number of unbranched alkanes of at least 4 members (excludes halogenated alkanes) is 3. The maximum absolute atomic E-state index is 6.01. The fourth-order valence-electron chi connectivity index (χ4n) is 3.01. The average Bonchev–Trinajstić information content (AvgIpc) is 2.69. The topological polar surface area (TPSA) is 18.5 Å². The van der Waals surface area contributed by atoms with Gasteiger partial charge in [-0.2, -0.15) is 0 Å². The molecule has 0 saturated heterocycles. The Kier molecular flexibility index (Phi) is 9.71. The Morgan fingerprint density at radius 1 is 0.577 bits per heavy atom. The smallest absolute Gasteiger partial charge is 0.122 e. The van der Waals surface area contributed by atoms with Crippen molar-refractivity contribution in [2.24, 2.45) is 0 Å². The van der Waals surface area contributed by atoms with Crippen LogP contribution in [0.4, 0.5) is 0 Å². The Balaban J connectivity index is 1.69. The van der Waals surface area contributed by atoms with Crippen LogP contribution in [0.15, 0.2) is 48.5 Å². The normalized spacial score (nSPS) is 10.7. The molecule has 0 saturated carbocycles. The Hall–Kier alpha value is -1.96. The zero-order chi connectivity index (χ0) is 18.5. The van der Waals surface area contributed by atoms with Crippen molar-refractivity contribution in [3.63, 3.8) is 0 Å². The molecule has 0 fully saturated rings. The van der Waals surface area contributed by atoms with E-state index < -0.39 is 0 Å². The van der Waals surface area contributed by atoms with Gasteiger partial charge >= 0.3 is 0 Å². The van der Waals surface area contributed by atoms with E-state index >= 15 is 0 Å². The van der Waals surface area contributed by atoms with Gasteiger partial charge in [0, 0.05) is 0 Å². The molecular formula is C24H34O2. The summed E-state index contributed by atoms with van der Waals surface area (Å²) in [7, 11) is 0. The van der Waals surface area contributed by atoms with Crippen molar-refractivity contribution in [3.8, 4) is 11.5 Å². The highest BCUT2D eigenvalue weighted by Crippen LogP contribution is 2.22. The second kappa shape index (κ2) is 12.4. The van der Waals surface area contributed by atoms with Gasteiger partial charge in [-0.3, -0.25) is 0 Å². The highest BCUT2D eigenvalue weighted by Gasteiger charge is 2.04. The lowest BCUT2D eigenvalue weighted by atomic mass is 10.1. The minimum atomic E-state index is 0.754. The van der Waals surface area contributed by atoms with Crippen LogP contribution in [0.25, 0.3) is 0 Å². The minimum Gasteiger partial charge on any atom is -0.493 e. The number of rotatable bonds is 13. The molecule has 0 N–H and O–H groups in total. The van der Waals surface area contributed by atoms with Gasteiger partial charge in [-0.1, -0.05) is 63.1 Å². The van der Waals surface area contributed by atoms with Gasteiger partial charge in [0.1, 0.15) is 11.5 Å². The van der Waals surface area contributed by atoms with Crippen molar-refractivity contribution in [1.29, 1.82) is 0 Å². The Labute approximate surface area is 159 Å². The molecule has 0 atom stereocenters. The van der Waals surface area contributed by atoms with Crippen LogP contribution in [-0.4, -0.2) is 13.2 Å². The third-order valence-electron chi connectivity index (χ3n) is 4.60. The van der Waals surface area contributed by atoms with Crippen LogP contribution in [0.5, 0.6) is 11.5 Å². The number of para-hydroxylation sites is 2. The highest BCUT2D eigenvalue weighted by atomic mass is 16.5. The van der Waals surface area contributed by atoms with Crippen LogP contribution < -0.4 is 9.47 Å². The number of aryl methyl sites for hydroxylation is 2. The first-order chi connectivity index (χ1) is 12.8. The van der Waals surface area contributed by atoms with Crippen molar-refractivity contribution < 1.29 is 9.47 Å². The Morgan fingerprint density at radius 2 is 1.00 bits per heavy atom. The van der Waals surface area contributed by atoms with E-state index in [0.29, 0.717) is 0 Å². The van der Waals surface area contributed by atoms with Gasteiger partial charge in [-0.15, -0.1) is 0 Å². The van der Waals surface area contributed by atoms with Crippen LogP contribution in [0, 0.1) is 0 Å². The van der Waals surface area contributed by atoms with Crippen LogP contribution in [0.2, 0.25) is 0 Å². The van der Waals surface area contributed by atoms with E-state index in [-0.39, 0.29) is 0 Å². The molecule has 2 heteroatoms. The van der Waals surface area contributed by atoms with Crippen molar-refractivity contribution in [3.05, 3.63) is 59.7 Å². The lowest BCUT2D eigenvalue weighted by Crippen LogP contribution is -2.05. The molecule has 0 radical (unpaired) electrons. The molecule has 142 valence electrons. The second-order valence-electron chi connectivity index (χ2n) is 6.83. The summed E-state index contributed by atoms with van der Waals surface area (Å²) < 4.78 is 12.0. The number of ether oxygens (including phenoxy) is 2. The van der Waals surface area contributed by atoms with Crippen LogP contribution >= 0.6 is 0 Å². The van der Waals surface area contributed by atoms with Gasteiger partial charge in [0.05, 0.1) is 13.2 Å². The molecule has 0 aromatic heterocycles. The third-order valence-corrected chi connectivity index (χ3v) is 4.60. The summed E-state index contributed by atoms with van der Waals surface area (Å²) in [4.78, 5) is 0.